The van der Waals surface area contributed by atoms with E-state index in [1.165, 1.54) is 4.31 Å². The fraction of sp³-hybridized carbons (Fsp3) is 0.533. The normalized spacial score (nSPS) is 13.1. The Morgan fingerprint density at radius 3 is 2.48 bits per heavy atom. The Morgan fingerprint density at radius 1 is 1.33 bits per heavy atom. The largest absolute Gasteiger partial charge is 0.387 e. The maximum atomic E-state index is 12.2. The highest BCUT2D eigenvalue weighted by molar-refractivity contribution is 7.89. The van der Waals surface area contributed by atoms with E-state index in [4.69, 9.17) is 5.26 Å². The Morgan fingerprint density at radius 2 is 1.95 bits per heavy atom. The smallest absolute Gasteiger partial charge is 0.214 e. The molecule has 6 heteroatoms. The van der Waals surface area contributed by atoms with Gasteiger partial charge in [0.05, 0.1) is 17.9 Å². The van der Waals surface area contributed by atoms with Crippen LogP contribution in [-0.4, -0.2) is 36.7 Å². The van der Waals surface area contributed by atoms with E-state index in [2.05, 4.69) is 0 Å². The van der Waals surface area contributed by atoms with Gasteiger partial charge in [-0.2, -0.15) is 9.57 Å². The second kappa shape index (κ2) is 8.13. The van der Waals surface area contributed by atoms with Gasteiger partial charge < -0.3 is 5.11 Å². The molecule has 1 aromatic carbocycles. The lowest BCUT2D eigenvalue weighted by atomic mass is 10.1. The van der Waals surface area contributed by atoms with Crippen molar-refractivity contribution in [2.24, 2.45) is 0 Å². The van der Waals surface area contributed by atoms with Gasteiger partial charge in [0, 0.05) is 19.5 Å². The number of likely N-dealkylation sites (N-methyl/N-ethyl adjacent to an activating group) is 1. The van der Waals surface area contributed by atoms with Crippen LogP contribution < -0.4 is 0 Å². The van der Waals surface area contributed by atoms with E-state index in [1.807, 2.05) is 25.1 Å². The first-order valence-corrected chi connectivity index (χ1v) is 8.61. The lowest BCUT2D eigenvalue weighted by Gasteiger charge is -2.23. The van der Waals surface area contributed by atoms with Crippen molar-refractivity contribution >= 4 is 10.0 Å². The molecular formula is C15H22N2O3S. The van der Waals surface area contributed by atoms with Crippen molar-refractivity contribution in [2.45, 2.75) is 32.8 Å². The molecule has 0 radical (unpaired) electrons. The molecule has 0 saturated heterocycles. The molecule has 21 heavy (non-hydrogen) atoms. The predicted molar refractivity (Wildman–Crippen MR) is 82.0 cm³/mol. The van der Waals surface area contributed by atoms with Crippen LogP contribution >= 0.6 is 0 Å². The van der Waals surface area contributed by atoms with Gasteiger partial charge in [-0.25, -0.2) is 8.42 Å². The Bertz CT molecular complexity index is 576. The molecule has 0 saturated carbocycles. The molecule has 0 aliphatic rings. The van der Waals surface area contributed by atoms with E-state index in [0.717, 1.165) is 5.56 Å². The summed E-state index contributed by atoms with van der Waals surface area (Å²) in [4.78, 5) is 0. The van der Waals surface area contributed by atoms with Crippen molar-refractivity contribution in [3.05, 3.63) is 35.4 Å². The Labute approximate surface area is 126 Å². The molecular weight excluding hydrogens is 288 g/mol. The van der Waals surface area contributed by atoms with Crippen molar-refractivity contribution in [3.8, 4) is 6.07 Å². The number of benzene rings is 1. The topological polar surface area (TPSA) is 81.4 Å². The van der Waals surface area contributed by atoms with E-state index >= 15 is 0 Å². The summed E-state index contributed by atoms with van der Waals surface area (Å²) in [5.74, 6) is -0.0605. The van der Waals surface area contributed by atoms with Crippen molar-refractivity contribution in [3.63, 3.8) is 0 Å². The summed E-state index contributed by atoms with van der Waals surface area (Å²) in [5.41, 5.74) is 1.79. The minimum Gasteiger partial charge on any atom is -0.387 e. The number of nitrogens with zero attached hydrogens (tertiary/aromatic N) is 2. The number of hydrogen-bond donors (Lipinski definition) is 1. The summed E-state index contributed by atoms with van der Waals surface area (Å²) in [6, 6.07) is 9.31. The third kappa shape index (κ3) is 5.46. The number of aryl methyl sites for hydroxylation is 1. The first kappa shape index (κ1) is 17.6. The van der Waals surface area contributed by atoms with E-state index in [1.54, 1.807) is 19.1 Å². The monoisotopic (exact) mass is 310 g/mol. The standard InChI is InChI=1S/C15H22N2O3S/c1-3-17(21(19,20)11-5-4-10-16)12-15(18)14-8-6-13(2)7-9-14/h6-9,15,18H,3-5,11-12H2,1-2H3. The number of unbranched alkanes of at least 4 members (excludes halogenated alkanes) is 1. The molecule has 1 N–H and O–H groups in total. The van der Waals surface area contributed by atoms with Crippen LogP contribution in [0.15, 0.2) is 24.3 Å². The lowest BCUT2D eigenvalue weighted by molar-refractivity contribution is 0.149. The Hall–Kier alpha value is -1.42. The fourth-order valence-electron chi connectivity index (χ4n) is 1.99. The zero-order chi connectivity index (χ0) is 15.9. The van der Waals surface area contributed by atoms with Gasteiger partial charge in [0.1, 0.15) is 0 Å². The maximum Gasteiger partial charge on any atom is 0.214 e. The zero-order valence-electron chi connectivity index (χ0n) is 12.5. The number of aliphatic hydroxyl groups excluding tert-OH is 1. The highest BCUT2D eigenvalue weighted by atomic mass is 32.2. The van der Waals surface area contributed by atoms with Crippen LogP contribution in [0, 0.1) is 18.3 Å². The highest BCUT2D eigenvalue weighted by Crippen LogP contribution is 2.17. The minimum absolute atomic E-state index is 0.0362. The van der Waals surface area contributed by atoms with Gasteiger partial charge in [-0.15, -0.1) is 0 Å². The van der Waals surface area contributed by atoms with Crippen molar-refractivity contribution < 1.29 is 13.5 Å². The van der Waals surface area contributed by atoms with Crippen LogP contribution in [-0.2, 0) is 10.0 Å². The zero-order valence-corrected chi connectivity index (χ0v) is 13.3. The number of sulfonamides is 1. The minimum atomic E-state index is -3.43. The molecule has 1 aromatic rings. The quantitative estimate of drug-likeness (QED) is 0.744. The second-order valence-electron chi connectivity index (χ2n) is 4.95. The Kier molecular flexibility index (Phi) is 6.82. The lowest BCUT2D eigenvalue weighted by Crippen LogP contribution is -2.36. The van der Waals surface area contributed by atoms with E-state index < -0.39 is 16.1 Å². The molecule has 5 nitrogen and oxygen atoms in total. The van der Waals surface area contributed by atoms with Gasteiger partial charge in [0.15, 0.2) is 0 Å². The predicted octanol–water partition coefficient (Wildman–Crippen LogP) is 1.98. The fourth-order valence-corrected chi connectivity index (χ4v) is 3.52. The second-order valence-corrected chi connectivity index (χ2v) is 7.04. The van der Waals surface area contributed by atoms with Crippen molar-refractivity contribution in [1.82, 2.24) is 4.31 Å². The molecule has 0 aliphatic heterocycles. The summed E-state index contributed by atoms with van der Waals surface area (Å²) in [5, 5.41) is 18.7. The van der Waals surface area contributed by atoms with E-state index in [-0.39, 0.29) is 18.7 Å². The third-order valence-corrected chi connectivity index (χ3v) is 5.27. The first-order chi connectivity index (χ1) is 9.90. The van der Waals surface area contributed by atoms with Gasteiger partial charge in [0.2, 0.25) is 10.0 Å². The molecule has 1 unspecified atom stereocenters. The molecule has 0 heterocycles. The maximum absolute atomic E-state index is 12.2. The summed E-state index contributed by atoms with van der Waals surface area (Å²) in [6.07, 6.45) is -0.316. The van der Waals surface area contributed by atoms with E-state index in [0.29, 0.717) is 18.5 Å². The van der Waals surface area contributed by atoms with Crippen LogP contribution in [0.5, 0.6) is 0 Å². The molecule has 0 fully saturated rings. The molecule has 0 spiro atoms. The van der Waals surface area contributed by atoms with Crippen molar-refractivity contribution in [1.29, 1.82) is 5.26 Å². The highest BCUT2D eigenvalue weighted by Gasteiger charge is 2.23. The molecule has 1 rings (SSSR count). The average Bonchev–Trinajstić information content (AvgIpc) is 2.45. The molecule has 0 aliphatic carbocycles. The number of rotatable bonds is 8. The first-order valence-electron chi connectivity index (χ1n) is 7.00. The Balaban J connectivity index is 2.72. The number of aliphatic hydroxyl groups is 1. The average molecular weight is 310 g/mol. The van der Waals surface area contributed by atoms with Crippen molar-refractivity contribution in [2.75, 3.05) is 18.8 Å². The molecule has 0 bridgehead atoms. The molecule has 116 valence electrons. The summed E-state index contributed by atoms with van der Waals surface area (Å²) >= 11 is 0. The SMILES string of the molecule is CCN(CC(O)c1ccc(C)cc1)S(=O)(=O)CCCC#N. The molecule has 0 amide bonds. The van der Waals surface area contributed by atoms with Gasteiger partial charge in [0.25, 0.3) is 0 Å². The summed E-state index contributed by atoms with van der Waals surface area (Å²) < 4.78 is 25.6. The van der Waals surface area contributed by atoms with E-state index in [9.17, 15) is 13.5 Å². The summed E-state index contributed by atoms with van der Waals surface area (Å²) in [7, 11) is -3.43. The molecule has 0 aromatic heterocycles. The number of nitriles is 1. The van der Waals surface area contributed by atoms with Gasteiger partial charge >= 0.3 is 0 Å². The van der Waals surface area contributed by atoms with Gasteiger partial charge in [-0.05, 0) is 18.9 Å². The van der Waals surface area contributed by atoms with Crippen LogP contribution in [0.2, 0.25) is 0 Å². The van der Waals surface area contributed by atoms with Gasteiger partial charge in [-0.1, -0.05) is 36.8 Å². The van der Waals surface area contributed by atoms with Crippen LogP contribution in [0.1, 0.15) is 37.0 Å². The van der Waals surface area contributed by atoms with Gasteiger partial charge in [-0.3, -0.25) is 0 Å². The summed E-state index contributed by atoms with van der Waals surface area (Å²) in [6.45, 7) is 4.03. The number of hydrogen-bond acceptors (Lipinski definition) is 4. The van der Waals surface area contributed by atoms with Crippen LogP contribution in [0.3, 0.4) is 0 Å². The third-order valence-electron chi connectivity index (χ3n) is 3.28. The van der Waals surface area contributed by atoms with Crippen LogP contribution in [0.25, 0.3) is 0 Å². The van der Waals surface area contributed by atoms with Crippen LogP contribution in [0.4, 0.5) is 0 Å². The molecule has 1 atom stereocenters.